The van der Waals surface area contributed by atoms with Crippen molar-refractivity contribution in [2.45, 2.75) is 13.3 Å². The third-order valence-corrected chi connectivity index (χ3v) is 2.63. The van der Waals surface area contributed by atoms with Crippen molar-refractivity contribution in [2.75, 3.05) is 13.2 Å². The zero-order valence-corrected chi connectivity index (χ0v) is 8.57. The molecule has 0 bridgehead atoms. The molecule has 0 aliphatic carbocycles. The molecular weight excluding hydrogens is 207 g/mol. The van der Waals surface area contributed by atoms with Crippen molar-refractivity contribution in [2.24, 2.45) is 0 Å². The average molecular weight is 218 g/mol. The minimum Gasteiger partial charge on any atom is -0.462 e. The van der Waals surface area contributed by atoms with E-state index >= 15 is 0 Å². The molecule has 0 fully saturated rings. The molecule has 0 unspecified atom stereocenters. The molecule has 0 amide bonds. The Morgan fingerprint density at radius 2 is 2.43 bits per heavy atom. The molecule has 0 aliphatic rings. The smallest absolute Gasteiger partial charge is 0.351 e. The van der Waals surface area contributed by atoms with Gasteiger partial charge in [0, 0.05) is 12.2 Å². The van der Waals surface area contributed by atoms with Crippen LogP contribution in [0.4, 0.5) is 4.39 Å². The average Bonchev–Trinajstić information content (AvgIpc) is 2.49. The van der Waals surface area contributed by atoms with E-state index in [0.717, 1.165) is 11.3 Å². The first kappa shape index (κ1) is 11.1. The molecular formula is C9H11FO3S. The Balaban J connectivity index is 2.83. The van der Waals surface area contributed by atoms with E-state index in [0.29, 0.717) is 5.56 Å². The molecule has 1 N–H and O–H groups in total. The Labute approximate surface area is 85.1 Å². The van der Waals surface area contributed by atoms with E-state index in [-0.39, 0.29) is 24.5 Å². The highest BCUT2D eigenvalue weighted by Crippen LogP contribution is 2.22. The Kier molecular flexibility index (Phi) is 4.03. The van der Waals surface area contributed by atoms with Crippen LogP contribution in [0.15, 0.2) is 5.38 Å². The molecule has 0 aromatic carbocycles. The van der Waals surface area contributed by atoms with Crippen molar-refractivity contribution in [3.63, 3.8) is 0 Å². The van der Waals surface area contributed by atoms with Crippen LogP contribution in [-0.2, 0) is 11.2 Å². The van der Waals surface area contributed by atoms with Gasteiger partial charge in [-0.15, -0.1) is 11.3 Å². The standard InChI is InChI=1S/C9H11FO3S/c1-2-13-9(12)8-7(10)6(3-4-11)5-14-8/h5,11H,2-4H2,1H3. The number of hydrogen-bond acceptors (Lipinski definition) is 4. The molecule has 0 aliphatic heterocycles. The number of aliphatic hydroxyl groups is 1. The third-order valence-electron chi connectivity index (χ3n) is 1.64. The zero-order valence-electron chi connectivity index (χ0n) is 7.75. The van der Waals surface area contributed by atoms with E-state index in [1.54, 1.807) is 6.92 Å². The molecule has 14 heavy (non-hydrogen) atoms. The first-order valence-electron chi connectivity index (χ1n) is 4.24. The van der Waals surface area contributed by atoms with Crippen LogP contribution in [0.3, 0.4) is 0 Å². The van der Waals surface area contributed by atoms with E-state index in [1.165, 1.54) is 5.38 Å². The van der Waals surface area contributed by atoms with Gasteiger partial charge in [-0.2, -0.15) is 0 Å². The largest absolute Gasteiger partial charge is 0.462 e. The van der Waals surface area contributed by atoms with Gasteiger partial charge in [-0.05, 0) is 18.7 Å². The normalized spacial score (nSPS) is 10.2. The van der Waals surface area contributed by atoms with Crippen LogP contribution in [0.5, 0.6) is 0 Å². The fourth-order valence-electron chi connectivity index (χ4n) is 1.00. The Bertz CT molecular complexity index is 322. The highest BCUT2D eigenvalue weighted by molar-refractivity contribution is 7.12. The highest BCUT2D eigenvalue weighted by atomic mass is 32.1. The van der Waals surface area contributed by atoms with Gasteiger partial charge in [0.2, 0.25) is 0 Å². The first-order valence-corrected chi connectivity index (χ1v) is 5.12. The molecule has 5 heteroatoms. The minimum absolute atomic E-state index is 0.0182. The van der Waals surface area contributed by atoms with Gasteiger partial charge >= 0.3 is 5.97 Å². The van der Waals surface area contributed by atoms with E-state index < -0.39 is 11.8 Å². The van der Waals surface area contributed by atoms with Gasteiger partial charge in [-0.25, -0.2) is 9.18 Å². The maximum atomic E-state index is 13.4. The summed E-state index contributed by atoms with van der Waals surface area (Å²) in [7, 11) is 0. The van der Waals surface area contributed by atoms with Gasteiger partial charge in [0.15, 0.2) is 5.82 Å². The monoisotopic (exact) mass is 218 g/mol. The number of halogens is 1. The topological polar surface area (TPSA) is 46.5 Å². The zero-order chi connectivity index (χ0) is 10.6. The maximum Gasteiger partial charge on any atom is 0.351 e. The van der Waals surface area contributed by atoms with Gasteiger partial charge < -0.3 is 9.84 Å². The summed E-state index contributed by atoms with van der Waals surface area (Å²) in [5.41, 5.74) is 0.362. The summed E-state index contributed by atoms with van der Waals surface area (Å²) in [4.78, 5) is 11.2. The number of hydrogen-bond donors (Lipinski definition) is 1. The number of aliphatic hydroxyl groups excluding tert-OH is 1. The second kappa shape index (κ2) is 5.07. The molecule has 1 heterocycles. The SMILES string of the molecule is CCOC(=O)c1scc(CCO)c1F. The van der Waals surface area contributed by atoms with Crippen molar-refractivity contribution >= 4 is 17.3 Å². The lowest BCUT2D eigenvalue weighted by Crippen LogP contribution is -2.05. The fourth-order valence-corrected chi connectivity index (χ4v) is 1.87. The third kappa shape index (κ3) is 2.30. The molecule has 1 aromatic heterocycles. The number of thiophene rings is 1. The van der Waals surface area contributed by atoms with Crippen molar-refractivity contribution in [1.82, 2.24) is 0 Å². The molecule has 1 aromatic rings. The first-order chi connectivity index (χ1) is 6.70. The van der Waals surface area contributed by atoms with Crippen LogP contribution in [0.2, 0.25) is 0 Å². The van der Waals surface area contributed by atoms with Crippen LogP contribution in [-0.4, -0.2) is 24.3 Å². The summed E-state index contributed by atoms with van der Waals surface area (Å²) in [6.45, 7) is 1.76. The Morgan fingerprint density at radius 1 is 1.71 bits per heavy atom. The van der Waals surface area contributed by atoms with Crippen LogP contribution < -0.4 is 0 Å². The molecule has 0 spiro atoms. The number of carbonyl (C=O) groups excluding carboxylic acids is 1. The predicted molar refractivity (Wildman–Crippen MR) is 51.0 cm³/mol. The van der Waals surface area contributed by atoms with Crippen LogP contribution in [0, 0.1) is 5.82 Å². The van der Waals surface area contributed by atoms with Gasteiger partial charge in [0.1, 0.15) is 4.88 Å². The lowest BCUT2D eigenvalue weighted by atomic mass is 10.2. The molecule has 1 rings (SSSR count). The van der Waals surface area contributed by atoms with Crippen molar-refractivity contribution in [3.8, 4) is 0 Å². The summed E-state index contributed by atoms with van der Waals surface area (Å²) in [6.07, 6.45) is 0.224. The molecule has 3 nitrogen and oxygen atoms in total. The summed E-state index contributed by atoms with van der Waals surface area (Å²) in [6, 6.07) is 0. The number of ether oxygens (including phenoxy) is 1. The highest BCUT2D eigenvalue weighted by Gasteiger charge is 2.18. The molecule has 0 radical (unpaired) electrons. The summed E-state index contributed by atoms with van der Waals surface area (Å²) in [5.74, 6) is -1.21. The van der Waals surface area contributed by atoms with Gasteiger partial charge in [0.25, 0.3) is 0 Å². The second-order valence-electron chi connectivity index (χ2n) is 2.60. The Hall–Kier alpha value is -0.940. The minimum atomic E-state index is -0.640. The van der Waals surface area contributed by atoms with Crippen molar-refractivity contribution in [3.05, 3.63) is 21.6 Å². The molecule has 0 saturated heterocycles. The van der Waals surface area contributed by atoms with E-state index in [2.05, 4.69) is 4.74 Å². The maximum absolute atomic E-state index is 13.4. The van der Waals surface area contributed by atoms with Crippen molar-refractivity contribution in [1.29, 1.82) is 0 Å². The summed E-state index contributed by atoms with van der Waals surface area (Å²) >= 11 is 1.00. The van der Waals surface area contributed by atoms with E-state index in [4.69, 9.17) is 5.11 Å². The second-order valence-corrected chi connectivity index (χ2v) is 3.48. The van der Waals surface area contributed by atoms with E-state index in [1.807, 2.05) is 0 Å². The number of carbonyl (C=O) groups is 1. The predicted octanol–water partition coefficient (Wildman–Crippen LogP) is 1.60. The molecule has 0 saturated carbocycles. The molecule has 0 atom stereocenters. The number of esters is 1. The summed E-state index contributed by atoms with van der Waals surface area (Å²) < 4.78 is 18.1. The lowest BCUT2D eigenvalue weighted by Gasteiger charge is -1.98. The van der Waals surface area contributed by atoms with Crippen molar-refractivity contribution < 1.29 is 19.0 Å². The van der Waals surface area contributed by atoms with Gasteiger partial charge in [0.05, 0.1) is 6.61 Å². The lowest BCUT2D eigenvalue weighted by molar-refractivity contribution is 0.0527. The Morgan fingerprint density at radius 3 is 3.00 bits per heavy atom. The van der Waals surface area contributed by atoms with Gasteiger partial charge in [-0.1, -0.05) is 0 Å². The quantitative estimate of drug-likeness (QED) is 0.781. The van der Waals surface area contributed by atoms with Crippen LogP contribution in [0.1, 0.15) is 22.2 Å². The number of rotatable bonds is 4. The van der Waals surface area contributed by atoms with Crippen LogP contribution in [0.25, 0.3) is 0 Å². The van der Waals surface area contributed by atoms with E-state index in [9.17, 15) is 9.18 Å². The van der Waals surface area contributed by atoms with Gasteiger partial charge in [-0.3, -0.25) is 0 Å². The summed E-state index contributed by atoms with van der Waals surface area (Å²) in [5, 5.41) is 10.1. The molecule has 78 valence electrons. The fraction of sp³-hybridized carbons (Fsp3) is 0.444. The van der Waals surface area contributed by atoms with Crippen LogP contribution >= 0.6 is 11.3 Å².